The fourth-order valence-electron chi connectivity index (χ4n) is 3.72. The second-order valence-corrected chi connectivity index (χ2v) is 6.78. The van der Waals surface area contributed by atoms with Crippen LogP contribution in [0.2, 0.25) is 0 Å². The number of halogens is 1. The summed E-state index contributed by atoms with van der Waals surface area (Å²) in [6, 6.07) is 6.43. The van der Waals surface area contributed by atoms with E-state index < -0.39 is 0 Å². The zero-order valence-electron chi connectivity index (χ0n) is 14.0. The van der Waals surface area contributed by atoms with Crippen LogP contribution in [0, 0.1) is 5.82 Å². The molecule has 0 aromatic heterocycles. The monoisotopic (exact) mass is 332 g/mol. The van der Waals surface area contributed by atoms with Crippen LogP contribution in [0.3, 0.4) is 0 Å². The summed E-state index contributed by atoms with van der Waals surface area (Å²) in [5.74, 6) is -0.155. The molecule has 2 fully saturated rings. The van der Waals surface area contributed by atoms with Crippen molar-refractivity contribution in [2.45, 2.75) is 51.0 Å². The second kappa shape index (κ2) is 7.77. The summed E-state index contributed by atoms with van der Waals surface area (Å²) in [6.07, 6.45) is 6.44. The molecule has 1 aromatic carbocycles. The van der Waals surface area contributed by atoms with Crippen molar-refractivity contribution in [1.29, 1.82) is 0 Å². The van der Waals surface area contributed by atoms with Crippen molar-refractivity contribution in [3.05, 3.63) is 35.6 Å². The van der Waals surface area contributed by atoms with Gasteiger partial charge in [0.25, 0.3) is 0 Å². The Morgan fingerprint density at radius 2 is 1.79 bits per heavy atom. The molecule has 0 aliphatic carbocycles. The number of hydrogen-bond donors (Lipinski definition) is 0. The smallest absolute Gasteiger partial charge is 0.242 e. The lowest BCUT2D eigenvalue weighted by molar-refractivity contribution is -0.142. The van der Waals surface area contributed by atoms with Gasteiger partial charge in [-0.05, 0) is 49.8 Å². The Hall–Kier alpha value is -1.91. The first kappa shape index (κ1) is 16.9. The summed E-state index contributed by atoms with van der Waals surface area (Å²) in [5, 5.41) is 0. The molecule has 0 saturated carbocycles. The van der Waals surface area contributed by atoms with E-state index in [-0.39, 0.29) is 30.2 Å². The molecule has 0 N–H and O–H groups in total. The number of carbonyl (C=O) groups excluding carboxylic acids is 2. The zero-order chi connectivity index (χ0) is 16.9. The third-order valence-corrected chi connectivity index (χ3v) is 5.08. The molecule has 130 valence electrons. The van der Waals surface area contributed by atoms with Crippen LogP contribution < -0.4 is 0 Å². The molecule has 1 aromatic rings. The molecule has 2 amide bonds. The van der Waals surface area contributed by atoms with Crippen molar-refractivity contribution in [2.24, 2.45) is 0 Å². The van der Waals surface area contributed by atoms with E-state index in [0.29, 0.717) is 19.5 Å². The molecule has 24 heavy (non-hydrogen) atoms. The molecule has 0 bridgehead atoms. The van der Waals surface area contributed by atoms with Crippen LogP contribution in [-0.4, -0.2) is 41.2 Å². The SMILES string of the molecule is O=C1CCCCCN1CC(=O)N1CCCC[C@H]1c1ccc(F)cc1. The minimum Gasteiger partial charge on any atom is -0.334 e. The van der Waals surface area contributed by atoms with Crippen LogP contribution in [0.1, 0.15) is 56.6 Å². The predicted octanol–water partition coefficient (Wildman–Crippen LogP) is 3.28. The van der Waals surface area contributed by atoms with Gasteiger partial charge >= 0.3 is 0 Å². The van der Waals surface area contributed by atoms with Gasteiger partial charge < -0.3 is 9.80 Å². The van der Waals surface area contributed by atoms with Gasteiger partial charge in [0.1, 0.15) is 5.82 Å². The Balaban J connectivity index is 1.71. The van der Waals surface area contributed by atoms with E-state index >= 15 is 0 Å². The Bertz CT molecular complexity index is 588. The molecule has 4 nitrogen and oxygen atoms in total. The van der Waals surface area contributed by atoms with E-state index in [1.165, 1.54) is 12.1 Å². The lowest BCUT2D eigenvalue weighted by Gasteiger charge is -2.37. The first-order chi connectivity index (χ1) is 11.6. The van der Waals surface area contributed by atoms with Gasteiger partial charge in [0.2, 0.25) is 11.8 Å². The van der Waals surface area contributed by atoms with E-state index in [2.05, 4.69) is 0 Å². The Kier molecular flexibility index (Phi) is 5.48. The average molecular weight is 332 g/mol. The van der Waals surface area contributed by atoms with E-state index in [4.69, 9.17) is 0 Å². The maximum Gasteiger partial charge on any atom is 0.242 e. The highest BCUT2D eigenvalue weighted by molar-refractivity contribution is 5.85. The van der Waals surface area contributed by atoms with Crippen LogP contribution in [0.15, 0.2) is 24.3 Å². The summed E-state index contributed by atoms with van der Waals surface area (Å²) < 4.78 is 13.2. The van der Waals surface area contributed by atoms with E-state index in [1.807, 2.05) is 4.90 Å². The van der Waals surface area contributed by atoms with E-state index in [9.17, 15) is 14.0 Å². The summed E-state index contributed by atoms with van der Waals surface area (Å²) in [7, 11) is 0. The maximum atomic E-state index is 13.2. The standard InChI is InChI=1S/C19H25FN2O2/c20-16-10-8-15(9-11-16)17-6-3-5-13-22(17)19(24)14-21-12-4-1-2-7-18(21)23/h8-11,17H,1-7,12-14H2/t17-/m0/s1. The first-order valence-corrected chi connectivity index (χ1v) is 8.98. The van der Waals surface area contributed by atoms with E-state index in [0.717, 1.165) is 44.1 Å². The van der Waals surface area contributed by atoms with Crippen LogP contribution in [0.4, 0.5) is 4.39 Å². The summed E-state index contributed by atoms with van der Waals surface area (Å²) in [4.78, 5) is 28.6. The molecule has 5 heteroatoms. The van der Waals surface area contributed by atoms with Gasteiger partial charge in [-0.25, -0.2) is 4.39 Å². The minimum atomic E-state index is -0.261. The number of amides is 2. The number of benzene rings is 1. The number of hydrogen-bond acceptors (Lipinski definition) is 2. The molecule has 1 atom stereocenters. The van der Waals surface area contributed by atoms with E-state index in [1.54, 1.807) is 17.0 Å². The van der Waals surface area contributed by atoms with Crippen LogP contribution in [0.25, 0.3) is 0 Å². The van der Waals surface area contributed by atoms with Crippen LogP contribution >= 0.6 is 0 Å². The van der Waals surface area contributed by atoms with Crippen molar-refractivity contribution in [3.8, 4) is 0 Å². The summed E-state index contributed by atoms with van der Waals surface area (Å²) in [5.41, 5.74) is 0.978. The van der Waals surface area contributed by atoms with Crippen molar-refractivity contribution >= 4 is 11.8 Å². The Morgan fingerprint density at radius 3 is 2.58 bits per heavy atom. The molecule has 0 spiro atoms. The zero-order valence-corrected chi connectivity index (χ0v) is 14.0. The molecular weight excluding hydrogens is 307 g/mol. The number of carbonyl (C=O) groups is 2. The third kappa shape index (κ3) is 3.94. The minimum absolute atomic E-state index is 0.00562. The largest absolute Gasteiger partial charge is 0.334 e. The summed E-state index contributed by atoms with van der Waals surface area (Å²) >= 11 is 0. The third-order valence-electron chi connectivity index (χ3n) is 5.08. The van der Waals surface area contributed by atoms with Gasteiger partial charge in [-0.3, -0.25) is 9.59 Å². The highest BCUT2D eigenvalue weighted by atomic mass is 19.1. The normalized spacial score (nSPS) is 22.4. The molecule has 2 saturated heterocycles. The number of nitrogens with zero attached hydrogens (tertiary/aromatic N) is 2. The molecule has 3 rings (SSSR count). The lowest BCUT2D eigenvalue weighted by Crippen LogP contribution is -2.45. The lowest BCUT2D eigenvalue weighted by atomic mass is 9.95. The molecule has 2 aliphatic rings. The van der Waals surface area contributed by atoms with Crippen molar-refractivity contribution in [1.82, 2.24) is 9.80 Å². The fraction of sp³-hybridized carbons (Fsp3) is 0.579. The van der Waals surface area contributed by atoms with Gasteiger partial charge in [-0.2, -0.15) is 0 Å². The first-order valence-electron chi connectivity index (χ1n) is 8.98. The van der Waals surface area contributed by atoms with Gasteiger partial charge in [0.05, 0.1) is 12.6 Å². The quantitative estimate of drug-likeness (QED) is 0.852. The van der Waals surface area contributed by atoms with Crippen molar-refractivity contribution in [3.63, 3.8) is 0 Å². The second-order valence-electron chi connectivity index (χ2n) is 6.78. The molecule has 0 unspecified atom stereocenters. The van der Waals surface area contributed by atoms with Gasteiger partial charge in [0, 0.05) is 19.5 Å². The molecule has 2 aliphatic heterocycles. The fourth-order valence-corrected chi connectivity index (χ4v) is 3.72. The highest BCUT2D eigenvalue weighted by Crippen LogP contribution is 2.31. The Morgan fingerprint density at radius 1 is 1.04 bits per heavy atom. The highest BCUT2D eigenvalue weighted by Gasteiger charge is 2.30. The molecular formula is C19H25FN2O2. The predicted molar refractivity (Wildman–Crippen MR) is 89.8 cm³/mol. The molecule has 2 heterocycles. The van der Waals surface area contributed by atoms with Crippen molar-refractivity contribution in [2.75, 3.05) is 19.6 Å². The van der Waals surface area contributed by atoms with Crippen LogP contribution in [0.5, 0.6) is 0 Å². The van der Waals surface area contributed by atoms with Gasteiger partial charge in [-0.1, -0.05) is 18.6 Å². The molecule has 0 radical (unpaired) electrons. The summed E-state index contributed by atoms with van der Waals surface area (Å²) in [6.45, 7) is 1.57. The number of rotatable bonds is 3. The topological polar surface area (TPSA) is 40.6 Å². The Labute approximate surface area is 142 Å². The van der Waals surface area contributed by atoms with Crippen LogP contribution in [-0.2, 0) is 9.59 Å². The van der Waals surface area contributed by atoms with Crippen molar-refractivity contribution < 1.29 is 14.0 Å². The van der Waals surface area contributed by atoms with Gasteiger partial charge in [0.15, 0.2) is 0 Å². The maximum absolute atomic E-state index is 13.2. The number of piperidine rings is 1. The number of likely N-dealkylation sites (tertiary alicyclic amines) is 2. The average Bonchev–Trinajstić information content (AvgIpc) is 2.80. The van der Waals surface area contributed by atoms with Gasteiger partial charge in [-0.15, -0.1) is 0 Å².